The van der Waals surface area contributed by atoms with E-state index in [0.29, 0.717) is 11.8 Å². The fourth-order valence-corrected chi connectivity index (χ4v) is 3.17. The van der Waals surface area contributed by atoms with Crippen molar-refractivity contribution in [3.8, 4) is 6.07 Å². The third kappa shape index (κ3) is 1.78. The highest BCUT2D eigenvalue weighted by Gasteiger charge is 2.48. The Kier molecular flexibility index (Phi) is 3.02. The van der Waals surface area contributed by atoms with Crippen LogP contribution in [0.5, 0.6) is 0 Å². The summed E-state index contributed by atoms with van der Waals surface area (Å²) in [4.78, 5) is 0. The fourth-order valence-electron chi connectivity index (χ4n) is 3.17. The van der Waals surface area contributed by atoms with Crippen LogP contribution in [0, 0.1) is 28.6 Å². The van der Waals surface area contributed by atoms with Crippen LogP contribution in [0.2, 0.25) is 0 Å². The Morgan fingerprint density at radius 3 is 2.60 bits per heavy atom. The third-order valence-electron chi connectivity index (χ3n) is 4.61. The van der Waals surface area contributed by atoms with Gasteiger partial charge < -0.3 is 5.11 Å². The first-order valence-corrected chi connectivity index (χ1v) is 6.31. The van der Waals surface area contributed by atoms with E-state index >= 15 is 0 Å². The summed E-state index contributed by atoms with van der Waals surface area (Å²) < 4.78 is 0. The maximum Gasteiger partial charge on any atom is 0.0837 e. The molecule has 0 spiro atoms. The van der Waals surface area contributed by atoms with Crippen molar-refractivity contribution in [2.75, 3.05) is 0 Å². The molecule has 0 radical (unpaired) electrons. The van der Waals surface area contributed by atoms with Gasteiger partial charge in [-0.3, -0.25) is 0 Å². The third-order valence-corrected chi connectivity index (χ3v) is 4.61. The Morgan fingerprint density at radius 2 is 2.20 bits per heavy atom. The highest BCUT2D eigenvalue weighted by molar-refractivity contribution is 5.10. The molecule has 2 saturated carbocycles. The van der Waals surface area contributed by atoms with Crippen molar-refractivity contribution in [1.82, 2.24) is 0 Å². The van der Waals surface area contributed by atoms with E-state index in [-0.39, 0.29) is 6.10 Å². The van der Waals surface area contributed by atoms with Crippen LogP contribution in [0.15, 0.2) is 0 Å². The van der Waals surface area contributed by atoms with Crippen molar-refractivity contribution in [2.45, 2.75) is 58.0 Å². The van der Waals surface area contributed by atoms with Gasteiger partial charge in [-0.1, -0.05) is 19.8 Å². The molecule has 3 unspecified atom stereocenters. The van der Waals surface area contributed by atoms with Crippen molar-refractivity contribution < 1.29 is 5.11 Å². The summed E-state index contributed by atoms with van der Waals surface area (Å²) in [7, 11) is 0. The summed E-state index contributed by atoms with van der Waals surface area (Å²) in [6.45, 7) is 2.19. The van der Waals surface area contributed by atoms with Crippen LogP contribution in [-0.2, 0) is 0 Å². The zero-order valence-corrected chi connectivity index (χ0v) is 9.58. The summed E-state index contributed by atoms with van der Waals surface area (Å²) >= 11 is 0. The van der Waals surface area contributed by atoms with Gasteiger partial charge in [-0.15, -0.1) is 0 Å². The van der Waals surface area contributed by atoms with Crippen LogP contribution in [0.3, 0.4) is 0 Å². The predicted octanol–water partition coefficient (Wildman–Crippen LogP) is 2.87. The van der Waals surface area contributed by atoms with E-state index < -0.39 is 5.41 Å². The Balaban J connectivity index is 2.05. The van der Waals surface area contributed by atoms with Gasteiger partial charge in [0.05, 0.1) is 17.6 Å². The molecule has 0 aliphatic heterocycles. The highest BCUT2D eigenvalue weighted by atomic mass is 16.3. The molecule has 0 aromatic carbocycles. The number of nitriles is 1. The average Bonchev–Trinajstić information content (AvgIpc) is 2.59. The summed E-state index contributed by atoms with van der Waals surface area (Å²) in [5.41, 5.74) is -0.397. The lowest BCUT2D eigenvalue weighted by Gasteiger charge is -2.38. The second kappa shape index (κ2) is 4.14. The zero-order chi connectivity index (χ0) is 10.9. The maximum atomic E-state index is 10.3. The molecule has 2 rings (SSSR count). The second-order valence-electron chi connectivity index (χ2n) is 5.42. The molecule has 1 N–H and O–H groups in total. The Labute approximate surface area is 92.3 Å². The van der Waals surface area contributed by atoms with Gasteiger partial charge in [-0.25, -0.2) is 0 Å². The summed E-state index contributed by atoms with van der Waals surface area (Å²) in [5.74, 6) is 1.08. The Morgan fingerprint density at radius 1 is 1.47 bits per heavy atom. The van der Waals surface area contributed by atoms with Crippen molar-refractivity contribution in [2.24, 2.45) is 17.3 Å². The maximum absolute atomic E-state index is 10.3. The molecule has 2 aliphatic carbocycles. The molecule has 2 nitrogen and oxygen atoms in total. The minimum absolute atomic E-state index is 0.354. The number of hydrogen-bond acceptors (Lipinski definition) is 2. The number of hydrogen-bond donors (Lipinski definition) is 1. The second-order valence-corrected chi connectivity index (χ2v) is 5.42. The van der Waals surface area contributed by atoms with E-state index in [1.807, 2.05) is 0 Å². The number of rotatable bonds is 3. The van der Waals surface area contributed by atoms with Gasteiger partial charge in [0, 0.05) is 0 Å². The standard InChI is InChI=1S/C13H21NO/c1-2-10-6-7-13(8-10,9-14)12(15)11-4-3-5-11/h10-12,15H,2-8H2,1H3. The SMILES string of the molecule is CCC1CCC(C#N)(C(O)C2CCC2)C1. The van der Waals surface area contributed by atoms with Crippen LogP contribution in [0.4, 0.5) is 0 Å². The van der Waals surface area contributed by atoms with Gasteiger partial charge in [0.15, 0.2) is 0 Å². The van der Waals surface area contributed by atoms with Gasteiger partial charge in [-0.2, -0.15) is 5.26 Å². The first-order valence-electron chi connectivity index (χ1n) is 6.31. The highest BCUT2D eigenvalue weighted by Crippen LogP contribution is 2.49. The van der Waals surface area contributed by atoms with Crippen LogP contribution in [0.25, 0.3) is 0 Å². The first-order chi connectivity index (χ1) is 7.22. The van der Waals surface area contributed by atoms with E-state index in [4.69, 9.17) is 0 Å². The lowest BCUT2D eigenvalue weighted by Crippen LogP contribution is -2.40. The summed E-state index contributed by atoms with van der Waals surface area (Å²) in [6, 6.07) is 2.44. The minimum Gasteiger partial charge on any atom is -0.391 e. The molecule has 0 saturated heterocycles. The number of aliphatic hydroxyl groups excluding tert-OH is 1. The molecule has 2 aliphatic rings. The molecule has 15 heavy (non-hydrogen) atoms. The molecule has 2 fully saturated rings. The molecule has 3 atom stereocenters. The van der Waals surface area contributed by atoms with Crippen molar-refractivity contribution >= 4 is 0 Å². The lowest BCUT2D eigenvalue weighted by molar-refractivity contribution is -0.0161. The molecular weight excluding hydrogens is 186 g/mol. The summed E-state index contributed by atoms with van der Waals surface area (Å²) in [6.07, 6.45) is 7.27. The van der Waals surface area contributed by atoms with Crippen LogP contribution >= 0.6 is 0 Å². The molecule has 0 heterocycles. The van der Waals surface area contributed by atoms with Gasteiger partial charge in [0.2, 0.25) is 0 Å². The van der Waals surface area contributed by atoms with Gasteiger partial charge in [0.25, 0.3) is 0 Å². The Hall–Kier alpha value is -0.550. The molecule has 2 heteroatoms. The Bertz CT molecular complexity index is 266. The van der Waals surface area contributed by atoms with E-state index in [0.717, 1.165) is 38.5 Å². The van der Waals surface area contributed by atoms with Gasteiger partial charge in [0.1, 0.15) is 0 Å². The summed E-state index contributed by atoms with van der Waals surface area (Å²) in [5, 5.41) is 19.7. The van der Waals surface area contributed by atoms with E-state index in [1.165, 1.54) is 6.42 Å². The normalized spacial score (nSPS) is 38.3. The fraction of sp³-hybridized carbons (Fsp3) is 0.923. The predicted molar refractivity (Wildman–Crippen MR) is 59.0 cm³/mol. The van der Waals surface area contributed by atoms with Crippen LogP contribution in [0.1, 0.15) is 51.9 Å². The molecule has 0 aromatic heterocycles. The first kappa shape index (κ1) is 11.0. The van der Waals surface area contributed by atoms with Gasteiger partial charge in [-0.05, 0) is 43.9 Å². The molecule has 84 valence electrons. The van der Waals surface area contributed by atoms with E-state index in [2.05, 4.69) is 13.0 Å². The van der Waals surface area contributed by atoms with E-state index in [1.54, 1.807) is 0 Å². The molecule has 0 bridgehead atoms. The largest absolute Gasteiger partial charge is 0.391 e. The van der Waals surface area contributed by atoms with Crippen molar-refractivity contribution in [1.29, 1.82) is 5.26 Å². The van der Waals surface area contributed by atoms with Crippen molar-refractivity contribution in [3.63, 3.8) is 0 Å². The lowest BCUT2D eigenvalue weighted by atomic mass is 9.68. The van der Waals surface area contributed by atoms with Crippen LogP contribution in [-0.4, -0.2) is 11.2 Å². The van der Waals surface area contributed by atoms with Crippen molar-refractivity contribution in [3.05, 3.63) is 0 Å². The van der Waals surface area contributed by atoms with Gasteiger partial charge >= 0.3 is 0 Å². The zero-order valence-electron chi connectivity index (χ0n) is 9.58. The number of aliphatic hydroxyl groups is 1. The molecule has 0 aromatic rings. The molecule has 0 amide bonds. The molecular formula is C13H21NO. The topological polar surface area (TPSA) is 44.0 Å². The van der Waals surface area contributed by atoms with E-state index in [9.17, 15) is 10.4 Å². The quantitative estimate of drug-likeness (QED) is 0.773. The smallest absolute Gasteiger partial charge is 0.0837 e. The monoisotopic (exact) mass is 207 g/mol. The number of nitrogens with zero attached hydrogens (tertiary/aromatic N) is 1. The minimum atomic E-state index is -0.397. The average molecular weight is 207 g/mol. The van der Waals surface area contributed by atoms with Crippen LogP contribution < -0.4 is 0 Å².